The summed E-state index contributed by atoms with van der Waals surface area (Å²) in [6.07, 6.45) is -4.59. The molecule has 1 fully saturated rings. The number of nitrogens with one attached hydrogen (secondary N) is 2. The van der Waals surface area contributed by atoms with Gasteiger partial charge in [0.15, 0.2) is 0 Å². The smallest absolute Gasteiger partial charge is 0.378 e. The molecule has 1 aliphatic heterocycles. The number of halogens is 3. The lowest BCUT2D eigenvalue weighted by Crippen LogP contribution is -2.43. The molecule has 3 rings (SSSR count). The van der Waals surface area contributed by atoms with Gasteiger partial charge in [0.25, 0.3) is 10.0 Å². The predicted molar refractivity (Wildman–Crippen MR) is 105 cm³/mol. The highest BCUT2D eigenvalue weighted by Gasteiger charge is 2.31. The van der Waals surface area contributed by atoms with E-state index in [0.29, 0.717) is 37.6 Å². The second kappa shape index (κ2) is 8.52. The SMILES string of the molecule is Cc1cc(NC(=O)N2CCOCC2)ccc1S(=O)(=O)Nc1cccc(C(F)(F)F)c1. The zero-order chi connectivity index (χ0) is 21.9. The van der Waals surface area contributed by atoms with Crippen molar-refractivity contribution in [2.45, 2.75) is 18.0 Å². The van der Waals surface area contributed by atoms with E-state index in [4.69, 9.17) is 4.74 Å². The van der Waals surface area contributed by atoms with Gasteiger partial charge in [0.1, 0.15) is 0 Å². The number of amides is 2. The predicted octanol–water partition coefficient (Wildman–Crippen LogP) is 3.68. The average Bonchev–Trinajstić information content (AvgIpc) is 2.67. The first-order valence-electron chi connectivity index (χ1n) is 9.01. The summed E-state index contributed by atoms with van der Waals surface area (Å²) in [5, 5.41) is 2.70. The Bertz CT molecular complexity index is 1040. The molecule has 1 saturated heterocycles. The minimum absolute atomic E-state index is 0.107. The van der Waals surface area contributed by atoms with Gasteiger partial charge in [-0.25, -0.2) is 13.2 Å². The van der Waals surface area contributed by atoms with Crippen molar-refractivity contribution in [3.63, 3.8) is 0 Å². The molecule has 0 aromatic heterocycles. The van der Waals surface area contributed by atoms with E-state index in [1.807, 2.05) is 0 Å². The van der Waals surface area contributed by atoms with Crippen LogP contribution in [0.4, 0.5) is 29.3 Å². The summed E-state index contributed by atoms with van der Waals surface area (Å²) in [7, 11) is -4.13. The Hall–Kier alpha value is -2.79. The van der Waals surface area contributed by atoms with Crippen molar-refractivity contribution >= 4 is 27.4 Å². The number of sulfonamides is 1. The normalized spacial score (nSPS) is 15.0. The number of nitrogens with zero attached hydrogens (tertiary/aromatic N) is 1. The zero-order valence-electron chi connectivity index (χ0n) is 16.0. The number of morpholine rings is 1. The number of benzene rings is 2. The number of carbonyl (C=O) groups is 1. The first-order chi connectivity index (χ1) is 14.1. The van der Waals surface area contributed by atoms with Crippen molar-refractivity contribution in [2.24, 2.45) is 0 Å². The van der Waals surface area contributed by atoms with Gasteiger partial charge in [-0.1, -0.05) is 6.07 Å². The Balaban J connectivity index is 1.76. The number of aryl methyl sites for hydroxylation is 1. The third-order valence-corrected chi connectivity index (χ3v) is 6.00. The maximum absolute atomic E-state index is 12.8. The van der Waals surface area contributed by atoms with E-state index in [2.05, 4.69) is 10.0 Å². The van der Waals surface area contributed by atoms with Gasteiger partial charge in [-0.15, -0.1) is 0 Å². The van der Waals surface area contributed by atoms with E-state index >= 15 is 0 Å². The Morgan fingerprint density at radius 2 is 1.77 bits per heavy atom. The number of hydrogen-bond acceptors (Lipinski definition) is 4. The Morgan fingerprint density at radius 1 is 1.07 bits per heavy atom. The Morgan fingerprint density at radius 3 is 2.40 bits per heavy atom. The molecule has 11 heteroatoms. The van der Waals surface area contributed by atoms with Crippen molar-refractivity contribution in [2.75, 3.05) is 36.3 Å². The molecule has 2 aromatic rings. The van der Waals surface area contributed by atoms with E-state index in [1.165, 1.54) is 31.2 Å². The number of anilines is 2. The molecule has 0 aliphatic carbocycles. The molecule has 0 unspecified atom stereocenters. The van der Waals surface area contributed by atoms with Gasteiger partial charge in [0.2, 0.25) is 0 Å². The van der Waals surface area contributed by atoms with E-state index < -0.39 is 21.8 Å². The van der Waals surface area contributed by atoms with E-state index in [1.54, 1.807) is 4.90 Å². The highest BCUT2D eigenvalue weighted by Crippen LogP contribution is 2.31. The van der Waals surface area contributed by atoms with Crippen LogP contribution in [0.5, 0.6) is 0 Å². The third-order valence-electron chi connectivity index (χ3n) is 4.46. The van der Waals surface area contributed by atoms with E-state index in [9.17, 15) is 26.4 Å². The first-order valence-corrected chi connectivity index (χ1v) is 10.5. The second-order valence-corrected chi connectivity index (χ2v) is 8.34. The minimum Gasteiger partial charge on any atom is -0.378 e. The molecule has 30 heavy (non-hydrogen) atoms. The molecule has 1 heterocycles. The number of rotatable bonds is 4. The summed E-state index contributed by atoms with van der Waals surface area (Å²) in [5.74, 6) is 0. The molecular formula is C19H20F3N3O4S. The van der Waals surface area contributed by atoms with Crippen LogP contribution < -0.4 is 10.0 Å². The van der Waals surface area contributed by atoms with Crippen LogP contribution >= 0.6 is 0 Å². The van der Waals surface area contributed by atoms with Crippen LogP contribution in [-0.2, 0) is 20.9 Å². The van der Waals surface area contributed by atoms with Crippen molar-refractivity contribution < 1.29 is 31.1 Å². The summed E-state index contributed by atoms with van der Waals surface area (Å²) in [6.45, 7) is 3.34. The van der Waals surface area contributed by atoms with Crippen LogP contribution in [0.1, 0.15) is 11.1 Å². The topological polar surface area (TPSA) is 87.7 Å². The van der Waals surface area contributed by atoms with Crippen LogP contribution in [0.2, 0.25) is 0 Å². The van der Waals surface area contributed by atoms with Crippen molar-refractivity contribution in [3.05, 3.63) is 53.6 Å². The summed E-state index contributed by atoms with van der Waals surface area (Å²) < 4.78 is 71.2. The highest BCUT2D eigenvalue weighted by atomic mass is 32.2. The fourth-order valence-electron chi connectivity index (χ4n) is 2.97. The molecule has 2 amide bonds. The number of urea groups is 1. The fraction of sp³-hybridized carbons (Fsp3) is 0.316. The summed E-state index contributed by atoms with van der Waals surface area (Å²) >= 11 is 0. The number of ether oxygens (including phenoxy) is 1. The van der Waals surface area contributed by atoms with Gasteiger partial charge in [-0.05, 0) is 48.9 Å². The summed E-state index contributed by atoms with van der Waals surface area (Å²) in [4.78, 5) is 13.7. The van der Waals surface area contributed by atoms with Crippen molar-refractivity contribution in [1.82, 2.24) is 4.90 Å². The molecule has 0 radical (unpaired) electrons. The van der Waals surface area contributed by atoms with Crippen LogP contribution in [0.25, 0.3) is 0 Å². The molecule has 0 bridgehead atoms. The molecule has 0 spiro atoms. The summed E-state index contributed by atoms with van der Waals surface area (Å²) in [5.41, 5.74) is -0.425. The third kappa shape index (κ3) is 5.22. The van der Waals surface area contributed by atoms with Crippen LogP contribution in [0, 0.1) is 6.92 Å². The standard InChI is InChI=1S/C19H20F3N3O4S/c1-13-11-15(23-18(26)25-7-9-29-10-8-25)5-6-17(13)30(27,28)24-16-4-2-3-14(12-16)19(20,21)22/h2-6,11-12,24H,7-10H2,1H3,(H,23,26). The Kier molecular flexibility index (Phi) is 6.22. The minimum atomic E-state index is -4.59. The molecule has 162 valence electrons. The van der Waals surface area contributed by atoms with Crippen LogP contribution in [0.3, 0.4) is 0 Å². The first kappa shape index (κ1) is 21.9. The maximum Gasteiger partial charge on any atom is 0.416 e. The molecule has 2 N–H and O–H groups in total. The second-order valence-electron chi connectivity index (χ2n) is 6.69. The molecular weight excluding hydrogens is 423 g/mol. The lowest BCUT2D eigenvalue weighted by Gasteiger charge is -2.27. The number of hydrogen-bond donors (Lipinski definition) is 2. The number of alkyl halides is 3. The van der Waals surface area contributed by atoms with Crippen LogP contribution in [-0.4, -0.2) is 45.7 Å². The van der Waals surface area contributed by atoms with Crippen molar-refractivity contribution in [1.29, 1.82) is 0 Å². The van der Waals surface area contributed by atoms with E-state index in [0.717, 1.165) is 18.2 Å². The van der Waals surface area contributed by atoms with Gasteiger partial charge < -0.3 is 15.0 Å². The lowest BCUT2D eigenvalue weighted by molar-refractivity contribution is -0.137. The van der Waals surface area contributed by atoms with Crippen molar-refractivity contribution in [3.8, 4) is 0 Å². The monoisotopic (exact) mass is 443 g/mol. The fourth-order valence-corrected chi connectivity index (χ4v) is 4.24. The zero-order valence-corrected chi connectivity index (χ0v) is 16.8. The molecule has 2 aromatic carbocycles. The molecule has 1 aliphatic rings. The average molecular weight is 443 g/mol. The van der Waals surface area contributed by atoms with Gasteiger partial charge in [-0.3, -0.25) is 4.72 Å². The van der Waals surface area contributed by atoms with Gasteiger partial charge in [0, 0.05) is 24.5 Å². The maximum atomic E-state index is 12.8. The lowest BCUT2D eigenvalue weighted by atomic mass is 10.2. The van der Waals surface area contributed by atoms with Gasteiger partial charge in [0.05, 0.1) is 23.7 Å². The Labute approximate surface area is 171 Å². The van der Waals surface area contributed by atoms with Gasteiger partial charge >= 0.3 is 12.2 Å². The molecule has 0 atom stereocenters. The largest absolute Gasteiger partial charge is 0.416 e. The van der Waals surface area contributed by atoms with E-state index in [-0.39, 0.29) is 16.6 Å². The number of carbonyl (C=O) groups excluding carboxylic acids is 1. The quantitative estimate of drug-likeness (QED) is 0.755. The van der Waals surface area contributed by atoms with Gasteiger partial charge in [-0.2, -0.15) is 13.2 Å². The molecule has 0 saturated carbocycles. The highest BCUT2D eigenvalue weighted by molar-refractivity contribution is 7.92. The molecule has 7 nitrogen and oxygen atoms in total. The summed E-state index contributed by atoms with van der Waals surface area (Å²) in [6, 6.07) is 7.82. The van der Waals surface area contributed by atoms with Crippen LogP contribution in [0.15, 0.2) is 47.4 Å².